The maximum atomic E-state index is 10.3. The summed E-state index contributed by atoms with van der Waals surface area (Å²) < 4.78 is 0.732. The van der Waals surface area contributed by atoms with Gasteiger partial charge in [0.2, 0.25) is 0 Å². The third-order valence-electron chi connectivity index (χ3n) is 3.62. The molecule has 0 saturated heterocycles. The van der Waals surface area contributed by atoms with E-state index in [4.69, 9.17) is 10.2 Å². The Balaban J connectivity index is 0.000000188. The molecule has 118 valence electrons. The molecule has 2 heterocycles. The van der Waals surface area contributed by atoms with Crippen LogP contribution in [0.4, 0.5) is 0 Å². The van der Waals surface area contributed by atoms with E-state index in [1.807, 2.05) is 0 Å². The van der Waals surface area contributed by atoms with Gasteiger partial charge in [-0.15, -0.1) is 0 Å². The molecule has 1 aliphatic carbocycles. The van der Waals surface area contributed by atoms with Crippen molar-refractivity contribution in [3.8, 4) is 11.5 Å². The Morgan fingerprint density at radius 1 is 0.864 bits per heavy atom. The van der Waals surface area contributed by atoms with Crippen LogP contribution in [0.2, 0.25) is 0 Å². The number of aromatic hydroxyl groups is 2. The zero-order chi connectivity index (χ0) is 16.0. The average molecular weight is 367 g/mol. The lowest BCUT2D eigenvalue weighted by molar-refractivity contribution is -0.00467. The molecule has 0 radical (unpaired) electrons. The average Bonchev–Trinajstić information content (AvgIpc) is 2.52. The van der Waals surface area contributed by atoms with Gasteiger partial charge in [0.25, 0.3) is 0 Å². The molecule has 1 saturated carbocycles. The first-order chi connectivity index (χ1) is 10.5. The second-order valence-electron chi connectivity index (χ2n) is 5.33. The first-order valence-corrected chi connectivity index (χ1v) is 7.97. The minimum atomic E-state index is -0.758. The van der Waals surface area contributed by atoms with E-state index in [1.54, 1.807) is 24.3 Å². The van der Waals surface area contributed by atoms with E-state index in [9.17, 15) is 5.11 Å². The molecule has 0 atom stereocenters. The van der Waals surface area contributed by atoms with Crippen LogP contribution in [0.3, 0.4) is 0 Å². The van der Waals surface area contributed by atoms with E-state index >= 15 is 0 Å². The molecule has 5 nitrogen and oxygen atoms in total. The van der Waals surface area contributed by atoms with E-state index in [1.165, 1.54) is 18.8 Å². The lowest BCUT2D eigenvalue weighted by Crippen LogP contribution is -2.29. The summed E-state index contributed by atoms with van der Waals surface area (Å²) in [6.07, 6.45) is 7.64. The van der Waals surface area contributed by atoms with E-state index in [0.717, 1.165) is 30.3 Å². The Hall–Kier alpha value is -1.66. The second kappa shape index (κ2) is 7.56. The standard InChI is InChI=1S/C11H15NO2.C5H4BrNO/c13-9-4-5-10(12-8-9)11(14)6-2-1-3-7-11;6-5-2-1-4(8)3-7-5/h4-5,8,13-14H,1-3,6-7H2;1-3,8H. The molecular formula is C16H19BrN2O3. The number of pyridine rings is 2. The van der Waals surface area contributed by atoms with Gasteiger partial charge in [0, 0.05) is 0 Å². The SMILES string of the molecule is Oc1ccc(Br)nc1.Oc1ccc(C2(O)CCCCC2)nc1. The van der Waals surface area contributed by atoms with Crippen molar-refractivity contribution in [2.45, 2.75) is 37.7 Å². The molecule has 0 unspecified atom stereocenters. The number of hydrogen-bond donors (Lipinski definition) is 3. The van der Waals surface area contributed by atoms with E-state index < -0.39 is 5.60 Å². The van der Waals surface area contributed by atoms with Crippen LogP contribution in [-0.4, -0.2) is 25.3 Å². The van der Waals surface area contributed by atoms with Crippen LogP contribution in [-0.2, 0) is 5.60 Å². The van der Waals surface area contributed by atoms with E-state index in [-0.39, 0.29) is 11.5 Å². The largest absolute Gasteiger partial charge is 0.506 e. The number of aliphatic hydroxyl groups is 1. The predicted octanol–water partition coefficient (Wildman–Crippen LogP) is 3.49. The summed E-state index contributed by atoms with van der Waals surface area (Å²) in [5, 5.41) is 28.1. The van der Waals surface area contributed by atoms with Crippen molar-refractivity contribution >= 4 is 15.9 Å². The van der Waals surface area contributed by atoms with E-state index in [0.29, 0.717) is 5.69 Å². The highest BCUT2D eigenvalue weighted by atomic mass is 79.9. The van der Waals surface area contributed by atoms with Gasteiger partial charge in [0.1, 0.15) is 21.7 Å². The van der Waals surface area contributed by atoms with Gasteiger partial charge in [-0.2, -0.15) is 0 Å². The van der Waals surface area contributed by atoms with Crippen LogP contribution in [0.5, 0.6) is 11.5 Å². The van der Waals surface area contributed by atoms with Crippen molar-refractivity contribution < 1.29 is 15.3 Å². The highest BCUT2D eigenvalue weighted by Crippen LogP contribution is 2.35. The second-order valence-corrected chi connectivity index (χ2v) is 6.15. The summed E-state index contributed by atoms with van der Waals surface area (Å²) in [4.78, 5) is 7.82. The minimum absolute atomic E-state index is 0.146. The fourth-order valence-electron chi connectivity index (χ4n) is 2.42. The highest BCUT2D eigenvalue weighted by molar-refractivity contribution is 9.10. The van der Waals surface area contributed by atoms with Crippen molar-refractivity contribution in [3.05, 3.63) is 47.0 Å². The zero-order valence-electron chi connectivity index (χ0n) is 12.1. The molecule has 6 heteroatoms. The summed E-state index contributed by atoms with van der Waals surface area (Å²) in [6.45, 7) is 0. The maximum Gasteiger partial charge on any atom is 0.133 e. The summed E-state index contributed by atoms with van der Waals surface area (Å²) in [7, 11) is 0. The van der Waals surface area contributed by atoms with Crippen LogP contribution in [0, 0.1) is 0 Å². The number of aromatic nitrogens is 2. The summed E-state index contributed by atoms with van der Waals surface area (Å²) >= 11 is 3.12. The molecule has 2 aromatic rings. The monoisotopic (exact) mass is 366 g/mol. The number of hydrogen-bond acceptors (Lipinski definition) is 5. The smallest absolute Gasteiger partial charge is 0.133 e. The zero-order valence-corrected chi connectivity index (χ0v) is 13.7. The molecule has 1 fully saturated rings. The fraction of sp³-hybridized carbons (Fsp3) is 0.375. The van der Waals surface area contributed by atoms with Crippen molar-refractivity contribution in [3.63, 3.8) is 0 Å². The third kappa shape index (κ3) is 4.68. The lowest BCUT2D eigenvalue weighted by Gasteiger charge is -2.31. The Labute approximate surface area is 137 Å². The van der Waals surface area contributed by atoms with Gasteiger partial charge in [-0.25, -0.2) is 4.98 Å². The van der Waals surface area contributed by atoms with Crippen LogP contribution in [0.15, 0.2) is 41.3 Å². The fourth-order valence-corrected chi connectivity index (χ4v) is 2.66. The van der Waals surface area contributed by atoms with E-state index in [2.05, 4.69) is 25.9 Å². The summed E-state index contributed by atoms with van der Waals surface area (Å²) in [6, 6.07) is 6.53. The molecule has 0 aliphatic heterocycles. The van der Waals surface area contributed by atoms with Crippen LogP contribution in [0.1, 0.15) is 37.8 Å². The Bertz CT molecular complexity index is 560. The molecule has 1 aliphatic rings. The number of nitrogens with zero attached hydrogens (tertiary/aromatic N) is 2. The summed E-state index contributed by atoms with van der Waals surface area (Å²) in [5.41, 5.74) is -0.0682. The predicted molar refractivity (Wildman–Crippen MR) is 86.5 cm³/mol. The molecule has 22 heavy (non-hydrogen) atoms. The van der Waals surface area contributed by atoms with Gasteiger partial charge >= 0.3 is 0 Å². The molecule has 0 spiro atoms. The molecule has 0 amide bonds. The quantitative estimate of drug-likeness (QED) is 0.672. The molecule has 2 aromatic heterocycles. The van der Waals surface area contributed by atoms with Crippen LogP contribution < -0.4 is 0 Å². The van der Waals surface area contributed by atoms with Gasteiger partial charge in [-0.3, -0.25) is 4.98 Å². The molecule has 0 bridgehead atoms. The Morgan fingerprint density at radius 2 is 1.45 bits per heavy atom. The van der Waals surface area contributed by atoms with Gasteiger partial charge in [-0.05, 0) is 53.0 Å². The molecule has 3 N–H and O–H groups in total. The van der Waals surface area contributed by atoms with Gasteiger partial charge in [0.05, 0.1) is 18.1 Å². The topological polar surface area (TPSA) is 86.5 Å². The van der Waals surface area contributed by atoms with Crippen molar-refractivity contribution in [1.29, 1.82) is 0 Å². The molecular weight excluding hydrogens is 348 g/mol. The van der Waals surface area contributed by atoms with Gasteiger partial charge in [0.15, 0.2) is 0 Å². The van der Waals surface area contributed by atoms with Crippen LogP contribution >= 0.6 is 15.9 Å². The minimum Gasteiger partial charge on any atom is -0.506 e. The summed E-state index contributed by atoms with van der Waals surface area (Å²) in [5.74, 6) is 0.335. The first kappa shape index (κ1) is 16.7. The van der Waals surface area contributed by atoms with Gasteiger partial charge in [-0.1, -0.05) is 19.3 Å². The molecule has 3 rings (SSSR count). The Morgan fingerprint density at radius 3 is 1.91 bits per heavy atom. The number of rotatable bonds is 1. The lowest BCUT2D eigenvalue weighted by atomic mass is 9.82. The Kier molecular flexibility index (Phi) is 5.74. The maximum absolute atomic E-state index is 10.3. The van der Waals surface area contributed by atoms with Gasteiger partial charge < -0.3 is 15.3 Å². The van der Waals surface area contributed by atoms with Crippen molar-refractivity contribution in [2.75, 3.05) is 0 Å². The van der Waals surface area contributed by atoms with Crippen molar-refractivity contribution in [2.24, 2.45) is 0 Å². The molecule has 0 aromatic carbocycles. The number of halogens is 1. The highest BCUT2D eigenvalue weighted by Gasteiger charge is 2.32. The van der Waals surface area contributed by atoms with Crippen molar-refractivity contribution in [1.82, 2.24) is 9.97 Å². The normalized spacial score (nSPS) is 16.5. The van der Waals surface area contributed by atoms with Crippen LogP contribution in [0.25, 0.3) is 0 Å². The first-order valence-electron chi connectivity index (χ1n) is 7.18. The third-order valence-corrected chi connectivity index (χ3v) is 4.09.